The molecule has 1 aromatic rings. The molecule has 0 bridgehead atoms. The summed E-state index contributed by atoms with van der Waals surface area (Å²) in [5.74, 6) is 0. The Morgan fingerprint density at radius 3 is 2.32 bits per heavy atom. The average molecular weight is 259 g/mol. The maximum absolute atomic E-state index is 9.75. The highest BCUT2D eigenvalue weighted by Gasteiger charge is 2.33. The maximum Gasteiger partial charge on any atom is 0.145 e. The lowest BCUT2D eigenvalue weighted by molar-refractivity contribution is 0.182. The lowest BCUT2D eigenvalue weighted by Gasteiger charge is -2.35. The molecule has 0 spiro atoms. The van der Waals surface area contributed by atoms with Gasteiger partial charge in [-0.2, -0.15) is 5.26 Å². The van der Waals surface area contributed by atoms with Gasteiger partial charge in [-0.05, 0) is 32.5 Å². The van der Waals surface area contributed by atoms with Gasteiger partial charge in [0, 0.05) is 12.6 Å². The molecule has 1 aromatic carbocycles. The molecule has 0 heterocycles. The van der Waals surface area contributed by atoms with E-state index in [1.165, 1.54) is 0 Å². The van der Waals surface area contributed by atoms with Gasteiger partial charge in [-0.15, -0.1) is 0 Å². The zero-order valence-corrected chi connectivity index (χ0v) is 12.5. The third-order valence-corrected chi connectivity index (χ3v) is 3.51. The van der Waals surface area contributed by atoms with Gasteiger partial charge in [-0.3, -0.25) is 10.2 Å². The fourth-order valence-corrected chi connectivity index (χ4v) is 2.38. The van der Waals surface area contributed by atoms with Crippen molar-refractivity contribution in [3.8, 4) is 6.07 Å². The second kappa shape index (κ2) is 7.28. The fourth-order valence-electron chi connectivity index (χ4n) is 2.38. The monoisotopic (exact) mass is 259 g/mol. The number of nitrogens with zero attached hydrogens (tertiary/aromatic N) is 2. The predicted octanol–water partition coefficient (Wildman–Crippen LogP) is 2.75. The Hall–Kier alpha value is -1.37. The van der Waals surface area contributed by atoms with Crippen LogP contribution in [0, 0.1) is 11.3 Å². The Morgan fingerprint density at radius 2 is 1.89 bits per heavy atom. The highest BCUT2D eigenvalue weighted by atomic mass is 15.2. The molecule has 0 radical (unpaired) electrons. The van der Waals surface area contributed by atoms with Crippen molar-refractivity contribution in [1.82, 2.24) is 10.2 Å². The van der Waals surface area contributed by atoms with Crippen LogP contribution in [-0.4, -0.2) is 30.6 Å². The number of hydrogen-bond acceptors (Lipinski definition) is 3. The highest BCUT2D eigenvalue weighted by molar-refractivity contribution is 5.32. The molecule has 0 saturated carbocycles. The van der Waals surface area contributed by atoms with Crippen molar-refractivity contribution < 1.29 is 0 Å². The second-order valence-corrected chi connectivity index (χ2v) is 5.07. The van der Waals surface area contributed by atoms with Gasteiger partial charge >= 0.3 is 0 Å². The van der Waals surface area contributed by atoms with Crippen LogP contribution >= 0.6 is 0 Å². The van der Waals surface area contributed by atoms with E-state index in [4.69, 9.17) is 0 Å². The summed E-state index contributed by atoms with van der Waals surface area (Å²) >= 11 is 0. The zero-order valence-electron chi connectivity index (χ0n) is 12.5. The van der Waals surface area contributed by atoms with E-state index in [-0.39, 0.29) is 0 Å². The van der Waals surface area contributed by atoms with E-state index in [0.717, 1.165) is 18.7 Å². The van der Waals surface area contributed by atoms with Crippen LogP contribution in [0.1, 0.15) is 33.3 Å². The molecule has 19 heavy (non-hydrogen) atoms. The Balaban J connectivity index is 3.10. The van der Waals surface area contributed by atoms with Crippen LogP contribution in [0.5, 0.6) is 0 Å². The van der Waals surface area contributed by atoms with Crippen LogP contribution in [0.15, 0.2) is 30.3 Å². The summed E-state index contributed by atoms with van der Waals surface area (Å²) in [4.78, 5) is 2.32. The molecule has 0 fully saturated rings. The van der Waals surface area contributed by atoms with E-state index < -0.39 is 5.54 Å². The number of nitriles is 1. The first-order chi connectivity index (χ1) is 9.09. The largest absolute Gasteiger partial charge is 0.298 e. The molecule has 0 saturated heterocycles. The first kappa shape index (κ1) is 15.7. The molecule has 1 atom stereocenters. The quantitative estimate of drug-likeness (QED) is 0.818. The molecular weight excluding hydrogens is 234 g/mol. The first-order valence-electron chi connectivity index (χ1n) is 7.05. The van der Waals surface area contributed by atoms with Crippen molar-refractivity contribution in [2.45, 2.75) is 39.3 Å². The molecule has 104 valence electrons. The van der Waals surface area contributed by atoms with Gasteiger partial charge in [0.1, 0.15) is 5.54 Å². The Bertz CT molecular complexity index is 408. The van der Waals surface area contributed by atoms with Crippen LogP contribution in [0.3, 0.4) is 0 Å². The van der Waals surface area contributed by atoms with Crippen LogP contribution in [0.2, 0.25) is 0 Å². The predicted molar refractivity (Wildman–Crippen MR) is 79.8 cm³/mol. The minimum absolute atomic E-state index is 0.431. The lowest BCUT2D eigenvalue weighted by atomic mass is 9.90. The van der Waals surface area contributed by atoms with Gasteiger partial charge in [-0.1, -0.05) is 44.2 Å². The number of likely N-dealkylation sites (N-methyl/N-ethyl adjacent to an activating group) is 2. The molecule has 3 heteroatoms. The number of benzene rings is 1. The Labute approximate surface area is 117 Å². The van der Waals surface area contributed by atoms with E-state index in [2.05, 4.69) is 37.1 Å². The Kier molecular flexibility index (Phi) is 6.01. The fraction of sp³-hybridized carbons (Fsp3) is 0.562. The van der Waals surface area contributed by atoms with Gasteiger partial charge in [0.2, 0.25) is 0 Å². The van der Waals surface area contributed by atoms with Crippen molar-refractivity contribution in [3.05, 3.63) is 35.9 Å². The van der Waals surface area contributed by atoms with E-state index in [1.807, 2.05) is 37.3 Å². The van der Waals surface area contributed by atoms with Crippen LogP contribution < -0.4 is 5.32 Å². The zero-order chi connectivity index (χ0) is 14.3. The van der Waals surface area contributed by atoms with Crippen LogP contribution in [0.25, 0.3) is 0 Å². The molecule has 0 aliphatic rings. The molecule has 3 nitrogen and oxygen atoms in total. The summed E-state index contributed by atoms with van der Waals surface area (Å²) in [5.41, 5.74) is 0.412. The summed E-state index contributed by atoms with van der Waals surface area (Å²) < 4.78 is 0. The lowest BCUT2D eigenvalue weighted by Crippen LogP contribution is -2.51. The first-order valence-corrected chi connectivity index (χ1v) is 7.05. The van der Waals surface area contributed by atoms with Crippen molar-refractivity contribution in [3.63, 3.8) is 0 Å². The van der Waals surface area contributed by atoms with E-state index in [0.29, 0.717) is 12.6 Å². The highest BCUT2D eigenvalue weighted by Crippen LogP contribution is 2.22. The summed E-state index contributed by atoms with van der Waals surface area (Å²) in [6, 6.07) is 13.0. The number of hydrogen-bond donors (Lipinski definition) is 1. The molecule has 1 rings (SSSR count). The molecule has 0 aliphatic carbocycles. The SMILES string of the molecule is CCNC(C#N)(CN(CC)C(C)C)c1ccccc1. The van der Waals surface area contributed by atoms with Crippen LogP contribution in [0.4, 0.5) is 0 Å². The maximum atomic E-state index is 9.75. The molecule has 0 aromatic heterocycles. The van der Waals surface area contributed by atoms with Crippen molar-refractivity contribution in [2.75, 3.05) is 19.6 Å². The van der Waals surface area contributed by atoms with Gasteiger partial charge < -0.3 is 0 Å². The van der Waals surface area contributed by atoms with E-state index >= 15 is 0 Å². The standard InChI is InChI=1S/C16H25N3/c1-5-18-16(12-17,13-19(6-2)14(3)4)15-10-8-7-9-11-15/h7-11,14,18H,5-6,13H2,1-4H3. The summed E-state index contributed by atoms with van der Waals surface area (Å²) in [5, 5.41) is 13.1. The van der Waals surface area contributed by atoms with Gasteiger partial charge in [0.05, 0.1) is 6.07 Å². The minimum Gasteiger partial charge on any atom is -0.298 e. The third kappa shape index (κ3) is 3.79. The molecular formula is C16H25N3. The Morgan fingerprint density at radius 1 is 1.26 bits per heavy atom. The van der Waals surface area contributed by atoms with Gasteiger partial charge in [0.25, 0.3) is 0 Å². The number of nitrogens with one attached hydrogen (secondary N) is 1. The molecule has 0 aliphatic heterocycles. The number of rotatable bonds is 7. The molecule has 1 unspecified atom stereocenters. The summed E-state index contributed by atoms with van der Waals surface area (Å²) in [7, 11) is 0. The van der Waals surface area contributed by atoms with E-state index in [1.54, 1.807) is 0 Å². The van der Waals surface area contributed by atoms with Crippen molar-refractivity contribution >= 4 is 0 Å². The van der Waals surface area contributed by atoms with Gasteiger partial charge in [-0.25, -0.2) is 0 Å². The smallest absolute Gasteiger partial charge is 0.145 e. The second-order valence-electron chi connectivity index (χ2n) is 5.07. The van der Waals surface area contributed by atoms with Gasteiger partial charge in [0.15, 0.2) is 0 Å². The molecule has 1 N–H and O–H groups in total. The summed E-state index contributed by atoms with van der Waals surface area (Å²) in [6.45, 7) is 10.9. The average Bonchev–Trinajstić information content (AvgIpc) is 2.44. The van der Waals surface area contributed by atoms with E-state index in [9.17, 15) is 5.26 Å². The van der Waals surface area contributed by atoms with Crippen molar-refractivity contribution in [2.24, 2.45) is 0 Å². The summed E-state index contributed by atoms with van der Waals surface area (Å²) in [6.07, 6.45) is 0. The van der Waals surface area contributed by atoms with Crippen LogP contribution in [-0.2, 0) is 5.54 Å². The third-order valence-electron chi connectivity index (χ3n) is 3.51. The topological polar surface area (TPSA) is 39.1 Å². The van der Waals surface area contributed by atoms with Crippen molar-refractivity contribution in [1.29, 1.82) is 5.26 Å². The minimum atomic E-state index is -0.629. The normalized spacial score (nSPS) is 14.4. The molecule has 0 amide bonds.